The second kappa shape index (κ2) is 9.53. The Hall–Kier alpha value is -3.84. The molecule has 3 aromatic rings. The van der Waals surface area contributed by atoms with Crippen LogP contribution < -0.4 is 5.32 Å². The zero-order chi connectivity index (χ0) is 22.5. The van der Waals surface area contributed by atoms with E-state index in [1.54, 1.807) is 13.0 Å². The summed E-state index contributed by atoms with van der Waals surface area (Å²) in [5.74, 6) is 6.25. The largest absolute Gasteiger partial charge is 0.449 e. The molecule has 0 atom stereocenters. The highest BCUT2D eigenvalue weighted by Crippen LogP contribution is 2.44. The van der Waals surface area contributed by atoms with E-state index in [2.05, 4.69) is 41.4 Å². The molecule has 4 rings (SSSR count). The zero-order valence-corrected chi connectivity index (χ0v) is 18.3. The molecule has 0 aromatic heterocycles. The number of hydrogen-bond donors (Lipinski definition) is 1. The normalized spacial score (nSPS) is 11.7. The average Bonchev–Trinajstić information content (AvgIpc) is 3.12. The Labute approximate surface area is 188 Å². The number of carbonyl (C=O) groups excluding carboxylic acids is 2. The van der Waals surface area contributed by atoms with Crippen molar-refractivity contribution in [3.63, 3.8) is 0 Å². The van der Waals surface area contributed by atoms with E-state index in [9.17, 15) is 9.59 Å². The highest BCUT2D eigenvalue weighted by molar-refractivity contribution is 5.94. The van der Waals surface area contributed by atoms with Crippen LogP contribution in [0, 0.1) is 18.8 Å². The van der Waals surface area contributed by atoms with Crippen LogP contribution in [0.3, 0.4) is 0 Å². The van der Waals surface area contributed by atoms with Crippen LogP contribution in [0.25, 0.3) is 11.1 Å². The number of aryl methyl sites for hydroxylation is 1. The Kier molecular flexibility index (Phi) is 6.37. The average molecular weight is 424 g/mol. The lowest BCUT2D eigenvalue weighted by molar-refractivity contribution is 0.101. The summed E-state index contributed by atoms with van der Waals surface area (Å²) in [5.41, 5.74) is 7.34. The van der Waals surface area contributed by atoms with Gasteiger partial charge in [0.25, 0.3) is 0 Å². The molecule has 0 saturated heterocycles. The SMILES string of the molecule is CC(=O)c1ccc(C#CCCNC(=O)OCC2c3ccccc3-c3ccccc32)c(C)c1. The van der Waals surface area contributed by atoms with Gasteiger partial charge in [-0.3, -0.25) is 4.79 Å². The van der Waals surface area contributed by atoms with Gasteiger partial charge in [0.2, 0.25) is 0 Å². The molecule has 0 aliphatic heterocycles. The molecule has 0 saturated carbocycles. The summed E-state index contributed by atoms with van der Waals surface area (Å²) in [7, 11) is 0. The summed E-state index contributed by atoms with van der Waals surface area (Å²) >= 11 is 0. The highest BCUT2D eigenvalue weighted by Gasteiger charge is 2.28. The van der Waals surface area contributed by atoms with Gasteiger partial charge in [0.15, 0.2) is 5.78 Å². The quantitative estimate of drug-likeness (QED) is 0.336. The molecule has 1 aliphatic carbocycles. The lowest BCUT2D eigenvalue weighted by atomic mass is 9.98. The molecule has 1 N–H and O–H groups in total. The number of hydrogen-bond acceptors (Lipinski definition) is 3. The minimum Gasteiger partial charge on any atom is -0.449 e. The molecule has 4 nitrogen and oxygen atoms in total. The minimum absolute atomic E-state index is 0.0416. The van der Waals surface area contributed by atoms with Crippen LogP contribution in [0.15, 0.2) is 66.7 Å². The second-order valence-corrected chi connectivity index (χ2v) is 7.89. The Morgan fingerprint density at radius 2 is 1.62 bits per heavy atom. The number of rotatable bonds is 5. The molecule has 1 amide bonds. The molecule has 0 fully saturated rings. The zero-order valence-electron chi connectivity index (χ0n) is 18.3. The number of Topliss-reactive ketones (excluding diaryl/α,β-unsaturated/α-hetero) is 1. The van der Waals surface area contributed by atoms with Crippen molar-refractivity contribution in [2.45, 2.75) is 26.2 Å². The Bertz CT molecular complexity index is 1190. The molecule has 32 heavy (non-hydrogen) atoms. The third kappa shape index (κ3) is 4.58. The summed E-state index contributed by atoms with van der Waals surface area (Å²) in [6.45, 7) is 4.20. The third-order valence-corrected chi connectivity index (χ3v) is 5.72. The van der Waals surface area contributed by atoms with Crippen molar-refractivity contribution < 1.29 is 14.3 Å². The van der Waals surface area contributed by atoms with Crippen molar-refractivity contribution in [2.75, 3.05) is 13.2 Å². The summed E-state index contributed by atoms with van der Waals surface area (Å²) in [4.78, 5) is 23.6. The summed E-state index contributed by atoms with van der Waals surface area (Å²) in [6, 6.07) is 22.0. The lowest BCUT2D eigenvalue weighted by Gasteiger charge is -2.14. The molecule has 0 heterocycles. The van der Waals surface area contributed by atoms with Crippen LogP contribution >= 0.6 is 0 Å². The maximum absolute atomic E-state index is 12.2. The van der Waals surface area contributed by atoms with E-state index in [0.717, 1.165) is 11.1 Å². The van der Waals surface area contributed by atoms with E-state index >= 15 is 0 Å². The molecule has 0 bridgehead atoms. The van der Waals surface area contributed by atoms with Crippen LogP contribution in [0.2, 0.25) is 0 Å². The van der Waals surface area contributed by atoms with Gasteiger partial charge in [-0.15, -0.1) is 0 Å². The number of ether oxygens (including phenoxy) is 1. The number of alkyl carbamates (subject to hydrolysis) is 1. The van der Waals surface area contributed by atoms with E-state index in [0.29, 0.717) is 25.1 Å². The van der Waals surface area contributed by atoms with Crippen molar-refractivity contribution in [3.8, 4) is 23.0 Å². The first-order valence-electron chi connectivity index (χ1n) is 10.7. The van der Waals surface area contributed by atoms with E-state index < -0.39 is 6.09 Å². The summed E-state index contributed by atoms with van der Waals surface area (Å²) < 4.78 is 5.53. The van der Waals surface area contributed by atoms with Gasteiger partial charge in [-0.25, -0.2) is 4.79 Å². The number of amides is 1. The number of fused-ring (bicyclic) bond motifs is 3. The maximum Gasteiger partial charge on any atom is 0.407 e. The van der Waals surface area contributed by atoms with Crippen LogP contribution in [0.4, 0.5) is 4.79 Å². The smallest absolute Gasteiger partial charge is 0.407 e. The molecule has 3 aromatic carbocycles. The van der Waals surface area contributed by atoms with Gasteiger partial charge in [0.1, 0.15) is 6.61 Å². The molecule has 0 unspecified atom stereocenters. The van der Waals surface area contributed by atoms with E-state index in [1.807, 2.05) is 43.3 Å². The predicted molar refractivity (Wildman–Crippen MR) is 126 cm³/mol. The fourth-order valence-corrected chi connectivity index (χ4v) is 4.06. The van der Waals surface area contributed by atoms with Gasteiger partial charge in [0, 0.05) is 30.0 Å². The standard InChI is InChI=1S/C28H25NO3/c1-19-17-22(20(2)30)15-14-21(19)9-7-8-16-29-28(31)32-18-27-25-12-5-3-10-23(25)24-11-4-6-13-26(24)27/h3-6,10-15,17,27H,8,16,18H2,1-2H3,(H,29,31). The fourth-order valence-electron chi connectivity index (χ4n) is 4.06. The molecule has 160 valence electrons. The van der Waals surface area contributed by atoms with Crippen LogP contribution in [-0.4, -0.2) is 25.0 Å². The predicted octanol–water partition coefficient (Wildman–Crippen LogP) is 5.48. The van der Waals surface area contributed by atoms with Crippen LogP contribution in [0.5, 0.6) is 0 Å². The van der Waals surface area contributed by atoms with Gasteiger partial charge in [-0.2, -0.15) is 0 Å². The van der Waals surface area contributed by atoms with Crippen molar-refractivity contribution >= 4 is 11.9 Å². The number of nitrogens with one attached hydrogen (secondary N) is 1. The number of carbonyl (C=O) groups is 2. The van der Waals surface area contributed by atoms with Gasteiger partial charge in [0.05, 0.1) is 0 Å². The van der Waals surface area contributed by atoms with Crippen molar-refractivity contribution in [2.24, 2.45) is 0 Å². The van der Waals surface area contributed by atoms with Gasteiger partial charge in [-0.05, 0) is 53.8 Å². The molecule has 0 spiro atoms. The van der Waals surface area contributed by atoms with Crippen molar-refractivity contribution in [3.05, 3.63) is 94.5 Å². The van der Waals surface area contributed by atoms with E-state index in [-0.39, 0.29) is 11.7 Å². The molecule has 4 heteroatoms. The van der Waals surface area contributed by atoms with Crippen LogP contribution in [-0.2, 0) is 4.74 Å². The topological polar surface area (TPSA) is 55.4 Å². The maximum atomic E-state index is 12.2. The fraction of sp³-hybridized carbons (Fsp3) is 0.214. The van der Waals surface area contributed by atoms with E-state index in [1.165, 1.54) is 22.3 Å². The van der Waals surface area contributed by atoms with Gasteiger partial charge in [-0.1, -0.05) is 66.4 Å². The van der Waals surface area contributed by atoms with Gasteiger partial charge >= 0.3 is 6.09 Å². The number of benzene rings is 3. The van der Waals surface area contributed by atoms with Crippen molar-refractivity contribution in [1.29, 1.82) is 0 Å². The Morgan fingerprint density at radius 3 is 2.25 bits per heavy atom. The van der Waals surface area contributed by atoms with Crippen molar-refractivity contribution in [1.82, 2.24) is 5.32 Å². The third-order valence-electron chi connectivity index (χ3n) is 5.72. The Balaban J connectivity index is 1.28. The molecule has 1 aliphatic rings. The second-order valence-electron chi connectivity index (χ2n) is 7.89. The first-order valence-corrected chi connectivity index (χ1v) is 10.7. The highest BCUT2D eigenvalue weighted by atomic mass is 16.5. The van der Waals surface area contributed by atoms with Gasteiger partial charge < -0.3 is 10.1 Å². The lowest BCUT2D eigenvalue weighted by Crippen LogP contribution is -2.26. The first-order chi connectivity index (χ1) is 15.5. The monoisotopic (exact) mass is 423 g/mol. The summed E-state index contributed by atoms with van der Waals surface area (Å²) in [5, 5.41) is 2.77. The summed E-state index contributed by atoms with van der Waals surface area (Å²) in [6.07, 6.45) is 0.0774. The van der Waals surface area contributed by atoms with E-state index in [4.69, 9.17) is 4.74 Å². The molecular weight excluding hydrogens is 398 g/mol. The Morgan fingerprint density at radius 1 is 0.969 bits per heavy atom. The first kappa shape index (κ1) is 21.4. The molecule has 0 radical (unpaired) electrons. The number of ketones is 1. The van der Waals surface area contributed by atoms with Crippen LogP contribution in [0.1, 0.15) is 51.9 Å². The minimum atomic E-state index is -0.435. The molecular formula is C28H25NO3.